The summed E-state index contributed by atoms with van der Waals surface area (Å²) in [4.78, 5) is 27.3. The molecule has 30 heavy (non-hydrogen) atoms. The molecule has 0 spiro atoms. The van der Waals surface area contributed by atoms with Gasteiger partial charge in [-0.05, 0) is 75.7 Å². The minimum absolute atomic E-state index is 0.0731. The first kappa shape index (κ1) is 22.8. The molecule has 0 atom stereocenters. The van der Waals surface area contributed by atoms with Crippen LogP contribution in [0.5, 0.6) is 0 Å². The smallest absolute Gasteiger partial charge is 0.324 e. The van der Waals surface area contributed by atoms with E-state index in [2.05, 4.69) is 13.8 Å². The molecule has 1 aromatic carbocycles. The van der Waals surface area contributed by atoms with Gasteiger partial charge in [-0.3, -0.25) is 9.59 Å². The maximum Gasteiger partial charge on any atom is 0.324 e. The molecule has 4 nitrogen and oxygen atoms in total. The lowest BCUT2D eigenvalue weighted by atomic mass is 9.75. The Morgan fingerprint density at radius 1 is 0.833 bits per heavy atom. The molecule has 2 fully saturated rings. The van der Waals surface area contributed by atoms with Gasteiger partial charge in [0.2, 0.25) is 0 Å². The zero-order valence-electron chi connectivity index (χ0n) is 18.7. The fraction of sp³-hybridized carbons (Fsp3) is 0.692. The average molecular weight is 415 g/mol. The quantitative estimate of drug-likeness (QED) is 0.386. The first-order chi connectivity index (χ1) is 14.5. The Kier molecular flexibility index (Phi) is 8.35. The standard InChI is InChI=1S/C26H38O4/c1-20(2)18-26(19-21-12-6-3-7-13-21,24(27)29-22-14-8-4-9-15-22)25(28)30-23-16-10-5-11-17-23/h3,6-7,12-13,20,22-23H,4-5,8-11,14-19H2,1-2H3. The van der Waals surface area contributed by atoms with Crippen LogP contribution >= 0.6 is 0 Å². The lowest BCUT2D eigenvalue weighted by Gasteiger charge is -2.35. The van der Waals surface area contributed by atoms with E-state index in [1.54, 1.807) is 0 Å². The van der Waals surface area contributed by atoms with Gasteiger partial charge in [-0.1, -0.05) is 57.0 Å². The summed E-state index contributed by atoms with van der Waals surface area (Å²) in [5, 5.41) is 0. The summed E-state index contributed by atoms with van der Waals surface area (Å²) in [5.41, 5.74) is -0.302. The van der Waals surface area contributed by atoms with E-state index in [4.69, 9.17) is 9.47 Å². The summed E-state index contributed by atoms with van der Waals surface area (Å²) in [6.07, 6.45) is 10.9. The number of ether oxygens (including phenoxy) is 2. The van der Waals surface area contributed by atoms with Gasteiger partial charge >= 0.3 is 11.9 Å². The first-order valence-corrected chi connectivity index (χ1v) is 12.0. The second-order valence-electron chi connectivity index (χ2n) is 9.67. The van der Waals surface area contributed by atoms with Crippen LogP contribution in [0, 0.1) is 11.3 Å². The van der Waals surface area contributed by atoms with Crippen LogP contribution in [0.25, 0.3) is 0 Å². The normalized spacial score (nSPS) is 18.9. The summed E-state index contributed by atoms with van der Waals surface area (Å²) in [6.45, 7) is 4.11. The molecule has 0 radical (unpaired) electrons. The lowest BCUT2D eigenvalue weighted by Crippen LogP contribution is -2.47. The van der Waals surface area contributed by atoms with Crippen molar-refractivity contribution in [2.45, 2.75) is 103 Å². The van der Waals surface area contributed by atoms with E-state index in [9.17, 15) is 9.59 Å². The maximum atomic E-state index is 13.6. The molecule has 0 bridgehead atoms. The van der Waals surface area contributed by atoms with E-state index < -0.39 is 5.41 Å². The third kappa shape index (κ3) is 6.09. The molecule has 0 aromatic heterocycles. The monoisotopic (exact) mass is 414 g/mol. The molecule has 0 N–H and O–H groups in total. The molecular weight excluding hydrogens is 376 g/mol. The highest BCUT2D eigenvalue weighted by molar-refractivity contribution is 6.00. The Morgan fingerprint density at radius 3 is 1.73 bits per heavy atom. The van der Waals surface area contributed by atoms with Crippen molar-refractivity contribution in [3.05, 3.63) is 35.9 Å². The number of hydrogen-bond donors (Lipinski definition) is 0. The molecular formula is C26H38O4. The van der Waals surface area contributed by atoms with Crippen molar-refractivity contribution in [2.24, 2.45) is 11.3 Å². The Labute approximate surface area is 181 Å². The van der Waals surface area contributed by atoms with Crippen LogP contribution in [-0.4, -0.2) is 24.1 Å². The molecule has 0 heterocycles. The van der Waals surface area contributed by atoms with E-state index in [1.807, 2.05) is 30.3 Å². The fourth-order valence-corrected chi connectivity index (χ4v) is 5.00. The molecule has 3 rings (SSSR count). The topological polar surface area (TPSA) is 52.6 Å². The van der Waals surface area contributed by atoms with Crippen molar-refractivity contribution < 1.29 is 19.1 Å². The van der Waals surface area contributed by atoms with E-state index >= 15 is 0 Å². The van der Waals surface area contributed by atoms with Crippen LogP contribution in [0.4, 0.5) is 0 Å². The second kappa shape index (κ2) is 11.0. The van der Waals surface area contributed by atoms with Gasteiger partial charge in [0.25, 0.3) is 0 Å². The van der Waals surface area contributed by atoms with Gasteiger partial charge in [0.15, 0.2) is 5.41 Å². The first-order valence-electron chi connectivity index (χ1n) is 12.0. The molecule has 2 saturated carbocycles. The van der Waals surface area contributed by atoms with Crippen LogP contribution in [-0.2, 0) is 25.5 Å². The van der Waals surface area contributed by atoms with Crippen LogP contribution in [0.15, 0.2) is 30.3 Å². The van der Waals surface area contributed by atoms with Crippen molar-refractivity contribution in [1.29, 1.82) is 0 Å². The van der Waals surface area contributed by atoms with Crippen molar-refractivity contribution in [3.63, 3.8) is 0 Å². The number of carbonyl (C=O) groups is 2. The van der Waals surface area contributed by atoms with Crippen LogP contribution < -0.4 is 0 Å². The molecule has 0 amide bonds. The Morgan fingerprint density at radius 2 is 1.30 bits per heavy atom. The summed E-state index contributed by atoms with van der Waals surface area (Å²) in [5.74, 6) is -0.591. The van der Waals surface area contributed by atoms with Crippen molar-refractivity contribution in [3.8, 4) is 0 Å². The molecule has 0 aliphatic heterocycles. The minimum Gasteiger partial charge on any atom is -0.462 e. The molecule has 2 aliphatic rings. The largest absolute Gasteiger partial charge is 0.462 e. The van der Waals surface area contributed by atoms with Crippen molar-refractivity contribution in [2.75, 3.05) is 0 Å². The number of esters is 2. The zero-order valence-corrected chi connectivity index (χ0v) is 18.7. The van der Waals surface area contributed by atoms with E-state index in [1.165, 1.54) is 12.8 Å². The van der Waals surface area contributed by atoms with Crippen LogP contribution in [0.1, 0.15) is 90.0 Å². The predicted octanol–water partition coefficient (Wildman–Crippen LogP) is 6.01. The lowest BCUT2D eigenvalue weighted by molar-refractivity contribution is -0.182. The zero-order chi connectivity index (χ0) is 21.4. The van der Waals surface area contributed by atoms with Crippen molar-refractivity contribution >= 4 is 11.9 Å². The summed E-state index contributed by atoms with van der Waals surface area (Å²) in [7, 11) is 0. The molecule has 166 valence electrons. The van der Waals surface area contributed by atoms with Gasteiger partial charge in [-0.15, -0.1) is 0 Å². The van der Waals surface area contributed by atoms with Gasteiger partial charge < -0.3 is 9.47 Å². The minimum atomic E-state index is -1.27. The van der Waals surface area contributed by atoms with Gasteiger partial charge in [0.05, 0.1) is 0 Å². The second-order valence-corrected chi connectivity index (χ2v) is 9.67. The number of carbonyl (C=O) groups excluding carboxylic acids is 2. The summed E-state index contributed by atoms with van der Waals surface area (Å²) < 4.78 is 12.0. The van der Waals surface area contributed by atoms with Crippen LogP contribution in [0.2, 0.25) is 0 Å². The number of rotatable bonds is 8. The van der Waals surface area contributed by atoms with Crippen LogP contribution in [0.3, 0.4) is 0 Å². The third-order valence-corrected chi connectivity index (χ3v) is 6.54. The molecule has 4 heteroatoms. The SMILES string of the molecule is CC(C)CC(Cc1ccccc1)(C(=O)OC1CCCCC1)C(=O)OC1CCCCC1. The maximum absolute atomic E-state index is 13.6. The molecule has 2 aliphatic carbocycles. The van der Waals surface area contributed by atoms with Crippen molar-refractivity contribution in [1.82, 2.24) is 0 Å². The number of hydrogen-bond acceptors (Lipinski definition) is 4. The highest BCUT2D eigenvalue weighted by Gasteiger charge is 2.50. The number of benzene rings is 1. The highest BCUT2D eigenvalue weighted by Crippen LogP contribution is 2.37. The van der Waals surface area contributed by atoms with Gasteiger partial charge in [0, 0.05) is 0 Å². The fourth-order valence-electron chi connectivity index (χ4n) is 5.00. The third-order valence-electron chi connectivity index (χ3n) is 6.54. The highest BCUT2D eigenvalue weighted by atomic mass is 16.6. The van der Waals surface area contributed by atoms with Gasteiger partial charge in [0.1, 0.15) is 12.2 Å². The molecule has 0 unspecified atom stereocenters. The average Bonchev–Trinajstić information content (AvgIpc) is 2.75. The van der Waals surface area contributed by atoms with Gasteiger partial charge in [-0.25, -0.2) is 0 Å². The van der Waals surface area contributed by atoms with Gasteiger partial charge in [-0.2, -0.15) is 0 Å². The van der Waals surface area contributed by atoms with E-state index in [-0.39, 0.29) is 30.1 Å². The van der Waals surface area contributed by atoms with E-state index in [0.29, 0.717) is 12.8 Å². The van der Waals surface area contributed by atoms with E-state index in [0.717, 1.165) is 56.9 Å². The molecule has 1 aromatic rings. The summed E-state index contributed by atoms with van der Waals surface area (Å²) in [6, 6.07) is 9.82. The Bertz CT molecular complexity index is 638. The Balaban J connectivity index is 1.87. The Hall–Kier alpha value is -1.84. The summed E-state index contributed by atoms with van der Waals surface area (Å²) >= 11 is 0. The predicted molar refractivity (Wildman–Crippen MR) is 118 cm³/mol. The molecule has 0 saturated heterocycles.